The third kappa shape index (κ3) is 3.40. The van der Waals surface area contributed by atoms with Crippen LogP contribution in [-0.2, 0) is 10.0 Å². The summed E-state index contributed by atoms with van der Waals surface area (Å²) in [6.45, 7) is 1.83. The van der Waals surface area contributed by atoms with E-state index in [9.17, 15) is 12.8 Å². The number of halogens is 2. The van der Waals surface area contributed by atoms with Crippen molar-refractivity contribution in [3.8, 4) is 6.07 Å². The predicted molar refractivity (Wildman–Crippen MR) is 80.8 cm³/mol. The topological polar surface area (TPSA) is 70.0 Å². The summed E-state index contributed by atoms with van der Waals surface area (Å²) in [5, 5.41) is 8.75. The van der Waals surface area contributed by atoms with Gasteiger partial charge in [-0.25, -0.2) is 12.8 Å². The van der Waals surface area contributed by atoms with Gasteiger partial charge in [-0.15, -0.1) is 0 Å². The van der Waals surface area contributed by atoms with Crippen molar-refractivity contribution < 1.29 is 12.8 Å². The molecule has 0 amide bonds. The quantitative estimate of drug-likeness (QED) is 0.899. The van der Waals surface area contributed by atoms with Gasteiger partial charge in [0, 0.05) is 10.2 Å². The van der Waals surface area contributed by atoms with E-state index >= 15 is 0 Å². The Labute approximate surface area is 130 Å². The molecule has 2 rings (SSSR count). The van der Waals surface area contributed by atoms with Crippen LogP contribution in [0.5, 0.6) is 0 Å². The predicted octanol–water partition coefficient (Wildman–Crippen LogP) is 3.57. The van der Waals surface area contributed by atoms with E-state index in [2.05, 4.69) is 20.7 Å². The molecule has 0 saturated carbocycles. The molecule has 0 spiro atoms. The molecule has 0 saturated heterocycles. The number of sulfonamides is 1. The second-order valence-electron chi connectivity index (χ2n) is 4.32. The van der Waals surface area contributed by atoms with Gasteiger partial charge in [0.2, 0.25) is 0 Å². The van der Waals surface area contributed by atoms with Crippen molar-refractivity contribution in [1.82, 2.24) is 0 Å². The Morgan fingerprint density at radius 1 is 1.24 bits per heavy atom. The van der Waals surface area contributed by atoms with Gasteiger partial charge in [0.25, 0.3) is 10.0 Å². The SMILES string of the molecule is Cc1cc(NS(=O)(=O)c2ccc(F)c(C#N)c2)ccc1Br. The lowest BCUT2D eigenvalue weighted by Crippen LogP contribution is -2.13. The molecule has 0 aliphatic carbocycles. The first-order valence-corrected chi connectivity index (χ1v) is 8.10. The lowest BCUT2D eigenvalue weighted by Gasteiger charge is -2.10. The Balaban J connectivity index is 2.38. The van der Waals surface area contributed by atoms with Gasteiger partial charge in [0.1, 0.15) is 11.9 Å². The van der Waals surface area contributed by atoms with Gasteiger partial charge in [-0.05, 0) is 48.9 Å². The second kappa shape index (κ2) is 5.84. The average molecular weight is 369 g/mol. The number of nitrogens with one attached hydrogen (secondary N) is 1. The zero-order chi connectivity index (χ0) is 15.6. The molecule has 108 valence electrons. The van der Waals surface area contributed by atoms with Crippen molar-refractivity contribution in [1.29, 1.82) is 5.26 Å². The summed E-state index contributed by atoms with van der Waals surface area (Å²) in [5.74, 6) is -0.754. The molecule has 2 aromatic carbocycles. The highest BCUT2D eigenvalue weighted by molar-refractivity contribution is 9.10. The van der Waals surface area contributed by atoms with Crippen LogP contribution in [0.25, 0.3) is 0 Å². The summed E-state index contributed by atoms with van der Waals surface area (Å²) >= 11 is 3.33. The standard InChI is InChI=1S/C14H10BrFN2O2S/c1-9-6-11(2-4-13(9)15)18-21(19,20)12-3-5-14(16)10(7-12)8-17/h2-7,18H,1H3. The van der Waals surface area contributed by atoms with Crippen LogP contribution in [0.2, 0.25) is 0 Å². The van der Waals surface area contributed by atoms with Crippen molar-refractivity contribution in [2.24, 2.45) is 0 Å². The number of benzene rings is 2. The van der Waals surface area contributed by atoms with Crippen molar-refractivity contribution in [2.75, 3.05) is 4.72 Å². The molecule has 0 atom stereocenters. The number of anilines is 1. The zero-order valence-corrected chi connectivity index (χ0v) is 13.3. The van der Waals surface area contributed by atoms with Crippen LogP contribution in [-0.4, -0.2) is 8.42 Å². The maximum Gasteiger partial charge on any atom is 0.261 e. The minimum absolute atomic E-state index is 0.166. The Kier molecular flexibility index (Phi) is 4.30. The van der Waals surface area contributed by atoms with Crippen molar-refractivity contribution in [3.05, 3.63) is 57.8 Å². The number of rotatable bonds is 3. The first-order chi connectivity index (χ1) is 9.83. The second-order valence-corrected chi connectivity index (χ2v) is 6.86. The minimum atomic E-state index is -3.88. The zero-order valence-electron chi connectivity index (χ0n) is 10.9. The van der Waals surface area contributed by atoms with Crippen molar-refractivity contribution in [2.45, 2.75) is 11.8 Å². The molecule has 0 radical (unpaired) electrons. The third-order valence-electron chi connectivity index (χ3n) is 2.78. The fourth-order valence-electron chi connectivity index (χ4n) is 1.68. The van der Waals surface area contributed by atoms with Crippen LogP contribution in [0.3, 0.4) is 0 Å². The summed E-state index contributed by atoms with van der Waals surface area (Å²) < 4.78 is 40.9. The minimum Gasteiger partial charge on any atom is -0.280 e. The van der Waals surface area contributed by atoms with Crippen LogP contribution in [0.1, 0.15) is 11.1 Å². The van der Waals surface area contributed by atoms with E-state index in [1.807, 2.05) is 6.92 Å². The Hall–Kier alpha value is -1.91. The Bertz CT molecular complexity index is 845. The normalized spacial score (nSPS) is 11.0. The average Bonchev–Trinajstić information content (AvgIpc) is 2.43. The van der Waals surface area contributed by atoms with Gasteiger partial charge >= 0.3 is 0 Å². The molecule has 0 heterocycles. The maximum absolute atomic E-state index is 13.2. The lowest BCUT2D eigenvalue weighted by molar-refractivity contribution is 0.599. The molecule has 0 bridgehead atoms. The summed E-state index contributed by atoms with van der Waals surface area (Å²) in [5.41, 5.74) is 0.940. The van der Waals surface area contributed by atoms with Gasteiger partial charge in [0.15, 0.2) is 0 Å². The van der Waals surface area contributed by atoms with E-state index < -0.39 is 15.8 Å². The van der Waals surface area contributed by atoms with E-state index in [0.29, 0.717) is 5.69 Å². The molecule has 1 N–H and O–H groups in total. The first kappa shape index (κ1) is 15.5. The molecule has 2 aromatic rings. The van der Waals surface area contributed by atoms with Crippen molar-refractivity contribution in [3.63, 3.8) is 0 Å². The van der Waals surface area contributed by atoms with E-state index in [1.165, 1.54) is 0 Å². The van der Waals surface area contributed by atoms with Gasteiger partial charge < -0.3 is 0 Å². The van der Waals surface area contributed by atoms with Crippen LogP contribution in [0.4, 0.5) is 10.1 Å². The summed E-state index contributed by atoms with van der Waals surface area (Å²) in [6, 6.07) is 9.68. The van der Waals surface area contributed by atoms with Crippen molar-refractivity contribution >= 4 is 31.6 Å². The highest BCUT2D eigenvalue weighted by atomic mass is 79.9. The van der Waals surface area contributed by atoms with E-state index in [-0.39, 0.29) is 10.5 Å². The molecule has 0 unspecified atom stereocenters. The molecule has 0 fully saturated rings. The largest absolute Gasteiger partial charge is 0.280 e. The summed E-state index contributed by atoms with van der Waals surface area (Å²) in [7, 11) is -3.88. The molecule has 4 nitrogen and oxygen atoms in total. The van der Waals surface area contributed by atoms with Gasteiger partial charge in [-0.3, -0.25) is 4.72 Å². The third-order valence-corrected chi connectivity index (χ3v) is 5.05. The number of aryl methyl sites for hydroxylation is 1. The molecule has 0 aromatic heterocycles. The molecule has 21 heavy (non-hydrogen) atoms. The van der Waals surface area contributed by atoms with E-state index in [0.717, 1.165) is 28.2 Å². The lowest BCUT2D eigenvalue weighted by atomic mass is 10.2. The van der Waals surface area contributed by atoms with E-state index in [4.69, 9.17) is 5.26 Å². The molecule has 7 heteroatoms. The van der Waals surface area contributed by atoms with Crippen LogP contribution < -0.4 is 4.72 Å². The number of hydrogen-bond donors (Lipinski definition) is 1. The van der Waals surface area contributed by atoms with Gasteiger partial charge in [0.05, 0.1) is 10.5 Å². The summed E-state index contributed by atoms with van der Waals surface area (Å²) in [4.78, 5) is -0.166. The van der Waals surface area contributed by atoms with Crippen LogP contribution >= 0.6 is 15.9 Å². The van der Waals surface area contributed by atoms with Crippen LogP contribution in [0, 0.1) is 24.1 Å². The number of hydrogen-bond acceptors (Lipinski definition) is 3. The fourth-order valence-corrected chi connectivity index (χ4v) is 3.00. The smallest absolute Gasteiger partial charge is 0.261 e. The monoisotopic (exact) mass is 368 g/mol. The molecular weight excluding hydrogens is 359 g/mol. The van der Waals surface area contributed by atoms with Gasteiger partial charge in [-0.1, -0.05) is 15.9 Å². The van der Waals surface area contributed by atoms with Crippen LogP contribution in [0.15, 0.2) is 45.8 Å². The molecule has 0 aliphatic heterocycles. The van der Waals surface area contributed by atoms with Gasteiger partial charge in [-0.2, -0.15) is 5.26 Å². The highest BCUT2D eigenvalue weighted by Gasteiger charge is 2.16. The molecule has 0 aliphatic rings. The highest BCUT2D eigenvalue weighted by Crippen LogP contribution is 2.23. The van der Waals surface area contributed by atoms with E-state index in [1.54, 1.807) is 24.3 Å². The Morgan fingerprint density at radius 3 is 2.57 bits per heavy atom. The summed E-state index contributed by atoms with van der Waals surface area (Å²) in [6.07, 6.45) is 0. The maximum atomic E-state index is 13.2. The first-order valence-electron chi connectivity index (χ1n) is 5.82. The molecular formula is C14H10BrFN2O2S. The number of nitriles is 1. The number of nitrogens with zero attached hydrogens (tertiary/aromatic N) is 1. The Morgan fingerprint density at radius 2 is 1.95 bits per heavy atom. The fraction of sp³-hybridized carbons (Fsp3) is 0.0714.